The van der Waals surface area contributed by atoms with Crippen molar-refractivity contribution in [1.82, 2.24) is 42.1 Å². The zero-order valence-corrected chi connectivity index (χ0v) is 45.8. The predicted molar refractivity (Wildman–Crippen MR) is 285 cm³/mol. The highest BCUT2D eigenvalue weighted by Gasteiger charge is 2.41. The molecule has 1 aliphatic rings. The summed E-state index contributed by atoms with van der Waals surface area (Å²) in [6.45, 7) is 10.2. The third kappa shape index (κ3) is 26.8. The number of carbonyl (C=O) groups excluding carboxylic acids is 9. The molecule has 9 amide bonds. The first kappa shape index (κ1) is 69.2. The van der Waals surface area contributed by atoms with Crippen molar-refractivity contribution in [3.05, 3.63) is 0 Å². The second-order valence-electron chi connectivity index (χ2n) is 20.4. The first-order valence-corrected chi connectivity index (χ1v) is 26.1. The van der Waals surface area contributed by atoms with Crippen LogP contribution in [0.15, 0.2) is 9.98 Å². The molecule has 79 heavy (non-hydrogen) atoms. The normalized spacial score (nSPS) is 16.1. The van der Waals surface area contributed by atoms with Crippen LogP contribution in [0.2, 0.25) is 0 Å². The average molecular weight is 1130 g/mol. The topological polar surface area (TPSA) is 534 Å². The number of carboxylic acids is 3. The fourth-order valence-electron chi connectivity index (χ4n) is 8.21. The first-order valence-electron chi connectivity index (χ1n) is 26.1. The van der Waals surface area contributed by atoms with Gasteiger partial charge in [-0.3, -0.25) is 62.7 Å². The second kappa shape index (κ2) is 34.8. The minimum atomic E-state index is -1.85. The van der Waals surface area contributed by atoms with E-state index < -0.39 is 163 Å². The third-order valence-electron chi connectivity index (χ3n) is 12.2. The molecule has 0 aromatic heterocycles. The molecule has 446 valence electrons. The molecule has 0 aliphatic carbocycles. The van der Waals surface area contributed by atoms with E-state index in [4.69, 9.17) is 34.4 Å². The summed E-state index contributed by atoms with van der Waals surface area (Å²) in [6, 6.07) is -12.9. The summed E-state index contributed by atoms with van der Waals surface area (Å²) in [5.41, 5.74) is 33.1. The number of guanidine groups is 2. The van der Waals surface area contributed by atoms with Gasteiger partial charge in [0.2, 0.25) is 53.2 Å². The highest BCUT2D eigenvalue weighted by Crippen LogP contribution is 2.21. The number of nitrogens with zero attached hydrogens (tertiary/aromatic N) is 3. The molecule has 9 atom stereocenters. The van der Waals surface area contributed by atoms with E-state index in [0.717, 1.165) is 4.90 Å². The lowest BCUT2D eigenvalue weighted by atomic mass is 10.0. The van der Waals surface area contributed by atoms with Crippen LogP contribution < -0.4 is 71.6 Å². The number of amides is 9. The Morgan fingerprint density at radius 3 is 1.46 bits per heavy atom. The molecular formula is C48H84N16O15. The van der Waals surface area contributed by atoms with E-state index in [1.165, 1.54) is 0 Å². The summed E-state index contributed by atoms with van der Waals surface area (Å²) in [6.07, 6.45) is -2.47. The van der Waals surface area contributed by atoms with Crippen molar-refractivity contribution in [2.75, 3.05) is 19.6 Å². The van der Waals surface area contributed by atoms with Crippen LogP contribution in [0.25, 0.3) is 0 Å². The van der Waals surface area contributed by atoms with Crippen molar-refractivity contribution in [3.8, 4) is 0 Å². The Labute approximate surface area is 458 Å². The summed E-state index contributed by atoms with van der Waals surface area (Å²) in [5.74, 6) is -14.1. The molecule has 1 aliphatic heterocycles. The molecular weight excluding hydrogens is 1040 g/mol. The van der Waals surface area contributed by atoms with Gasteiger partial charge in [-0.25, -0.2) is 4.79 Å². The molecule has 0 aromatic rings. The quantitative estimate of drug-likeness (QED) is 0.0158. The molecule has 1 heterocycles. The molecule has 0 bridgehead atoms. The minimum absolute atomic E-state index is 0.0134. The van der Waals surface area contributed by atoms with Gasteiger partial charge in [0, 0.05) is 32.5 Å². The molecule has 1 rings (SSSR count). The van der Waals surface area contributed by atoms with Crippen molar-refractivity contribution in [2.45, 2.75) is 179 Å². The van der Waals surface area contributed by atoms with Crippen molar-refractivity contribution in [2.24, 2.45) is 62.1 Å². The number of hydrogen-bond donors (Lipinski definition) is 16. The number of hydrogen-bond acceptors (Lipinski definition) is 15. The SMILES string of the molecule is CC(C)C[C@H](NC(=O)[C@H](CCC(=O)O)NC(=O)[C@H](CC(N)=O)NC(=O)[C@H](CCCN=C(N)N)NC(=O)[C@H](CC(C)C)NC(=O)[C@@H]1CCCN1C(=O)[C@H](CCC(=O)O)NC(=O)[C@@H](NC(=O)[C@@H](N)CCCN=C(N)N)C(C)C)C(=O)O. The summed E-state index contributed by atoms with van der Waals surface area (Å²) >= 11 is 0. The minimum Gasteiger partial charge on any atom is -0.481 e. The van der Waals surface area contributed by atoms with Gasteiger partial charge < -0.3 is 91.8 Å². The second-order valence-corrected chi connectivity index (χ2v) is 20.4. The third-order valence-corrected chi connectivity index (χ3v) is 12.2. The van der Waals surface area contributed by atoms with Crippen LogP contribution in [0.1, 0.15) is 125 Å². The molecule has 22 N–H and O–H groups in total. The van der Waals surface area contributed by atoms with Gasteiger partial charge in [0.25, 0.3) is 0 Å². The maximum atomic E-state index is 14.3. The maximum absolute atomic E-state index is 14.3. The highest BCUT2D eigenvalue weighted by molar-refractivity contribution is 5.99. The van der Waals surface area contributed by atoms with Crippen molar-refractivity contribution in [1.29, 1.82) is 0 Å². The molecule has 0 saturated carbocycles. The summed E-state index contributed by atoms with van der Waals surface area (Å²) in [5, 5.41) is 45.8. The lowest BCUT2D eigenvalue weighted by molar-refractivity contribution is -0.144. The Balaban J connectivity index is 3.52. The predicted octanol–water partition coefficient (Wildman–Crippen LogP) is -4.76. The number of likely N-dealkylation sites (tertiary alicyclic amines) is 1. The van der Waals surface area contributed by atoms with Gasteiger partial charge in [0.1, 0.15) is 48.3 Å². The Hall–Kier alpha value is -7.86. The number of carboxylic acid groups (broad SMARTS) is 3. The number of aliphatic imine (C=N–C) groups is 2. The zero-order valence-electron chi connectivity index (χ0n) is 45.8. The van der Waals surface area contributed by atoms with Gasteiger partial charge in [-0.15, -0.1) is 0 Å². The number of rotatable bonds is 37. The van der Waals surface area contributed by atoms with E-state index in [0.29, 0.717) is 6.42 Å². The number of primary amides is 1. The van der Waals surface area contributed by atoms with Gasteiger partial charge >= 0.3 is 17.9 Å². The standard InChI is InChI=1S/C48H84N16O15/c1-23(2)20-30(61-43(75)33-12-9-19-64(33)45(77)29(14-16-36(68)69)59-44(76)37(25(5)6)63-38(70)26(49)10-7-17-55-47(51)52)41(73)57-27(11-8-18-56-48(53)54)39(71)60-31(22-34(50)65)42(74)58-28(13-15-35(66)67)40(72)62-32(46(78)79)21-24(3)4/h23-33,37H,7-22,49H2,1-6H3,(H2,50,65)(H,57,73)(H,58,74)(H,59,76)(H,60,71)(H,61,75)(H,62,72)(H,63,70)(H,66,67)(H,68,69)(H,78,79)(H4,51,52,55)(H4,53,54,56)/t26-,27-,28-,29-,30-,31-,32-,33-,37-/m0/s1. The average Bonchev–Trinajstić information content (AvgIpc) is 3.85. The Kier molecular flexibility index (Phi) is 30.5. The van der Waals surface area contributed by atoms with Gasteiger partial charge in [-0.05, 0) is 82.0 Å². The molecule has 1 saturated heterocycles. The number of aliphatic carboxylic acids is 3. The van der Waals surface area contributed by atoms with Gasteiger partial charge in [0.15, 0.2) is 11.9 Å². The fraction of sp³-hybridized carbons (Fsp3) is 0.708. The Morgan fingerprint density at radius 1 is 0.532 bits per heavy atom. The van der Waals surface area contributed by atoms with Gasteiger partial charge in [-0.1, -0.05) is 41.5 Å². The lowest BCUT2D eigenvalue weighted by Crippen LogP contribution is -2.60. The zero-order chi connectivity index (χ0) is 60.3. The Morgan fingerprint density at radius 2 is 0.975 bits per heavy atom. The van der Waals surface area contributed by atoms with E-state index >= 15 is 0 Å². The Bertz CT molecular complexity index is 2200. The van der Waals surface area contributed by atoms with Crippen LogP contribution in [0.5, 0.6) is 0 Å². The monoisotopic (exact) mass is 1120 g/mol. The van der Waals surface area contributed by atoms with Crippen LogP contribution in [0, 0.1) is 17.8 Å². The largest absolute Gasteiger partial charge is 0.481 e. The van der Waals surface area contributed by atoms with Crippen molar-refractivity contribution in [3.63, 3.8) is 0 Å². The van der Waals surface area contributed by atoms with Crippen LogP contribution in [0.4, 0.5) is 0 Å². The fourth-order valence-corrected chi connectivity index (χ4v) is 8.21. The molecule has 31 nitrogen and oxygen atoms in total. The van der Waals surface area contributed by atoms with Crippen molar-refractivity contribution < 1.29 is 72.9 Å². The summed E-state index contributed by atoms with van der Waals surface area (Å²) in [4.78, 5) is 167. The van der Waals surface area contributed by atoms with Crippen molar-refractivity contribution >= 4 is 83.0 Å². The van der Waals surface area contributed by atoms with Gasteiger partial charge in [-0.2, -0.15) is 0 Å². The van der Waals surface area contributed by atoms with E-state index in [1.54, 1.807) is 41.5 Å². The van der Waals surface area contributed by atoms with Crippen LogP contribution in [-0.2, 0) is 57.5 Å². The molecule has 1 fully saturated rings. The van der Waals surface area contributed by atoms with Crippen LogP contribution >= 0.6 is 0 Å². The molecule has 0 spiro atoms. The molecule has 0 unspecified atom stereocenters. The molecule has 0 radical (unpaired) electrons. The first-order chi connectivity index (χ1) is 36.8. The highest BCUT2D eigenvalue weighted by atomic mass is 16.4. The van der Waals surface area contributed by atoms with Crippen LogP contribution in [0.3, 0.4) is 0 Å². The number of carbonyl (C=O) groups is 12. The van der Waals surface area contributed by atoms with E-state index in [9.17, 15) is 72.9 Å². The molecule has 0 aromatic carbocycles. The van der Waals surface area contributed by atoms with Crippen LogP contribution in [-0.4, -0.2) is 177 Å². The number of nitrogens with one attached hydrogen (secondary N) is 7. The summed E-state index contributed by atoms with van der Waals surface area (Å²) in [7, 11) is 0. The summed E-state index contributed by atoms with van der Waals surface area (Å²) < 4.78 is 0. The maximum Gasteiger partial charge on any atom is 0.326 e. The lowest BCUT2D eigenvalue weighted by Gasteiger charge is -2.31. The van der Waals surface area contributed by atoms with E-state index in [1.807, 2.05) is 0 Å². The van der Waals surface area contributed by atoms with E-state index in [-0.39, 0.29) is 88.3 Å². The van der Waals surface area contributed by atoms with Gasteiger partial charge in [0.05, 0.1) is 12.5 Å². The molecule has 31 heteroatoms. The number of nitrogens with two attached hydrogens (primary N) is 6. The smallest absolute Gasteiger partial charge is 0.326 e. The van der Waals surface area contributed by atoms with E-state index in [2.05, 4.69) is 47.2 Å².